The van der Waals surface area contributed by atoms with Gasteiger partial charge in [0.2, 0.25) is 5.91 Å². The summed E-state index contributed by atoms with van der Waals surface area (Å²) in [5, 5.41) is 3.06. The summed E-state index contributed by atoms with van der Waals surface area (Å²) in [6, 6.07) is -0.849. The molecule has 74 heavy (non-hydrogen) atoms. The van der Waals surface area contributed by atoms with Gasteiger partial charge in [-0.2, -0.15) is 0 Å². The van der Waals surface area contributed by atoms with Gasteiger partial charge in [0, 0.05) is 12.8 Å². The summed E-state index contributed by atoms with van der Waals surface area (Å²) in [5.74, 6) is -0.508. The highest BCUT2D eigenvalue weighted by molar-refractivity contribution is 7.47. The molecule has 0 fully saturated rings. The van der Waals surface area contributed by atoms with Crippen molar-refractivity contribution < 1.29 is 37.3 Å². The quantitative estimate of drug-likeness (QED) is 0.0205. The predicted octanol–water partition coefficient (Wildman–Crippen LogP) is 19.3. The molecule has 2 N–H and O–H groups in total. The van der Waals surface area contributed by atoms with Crippen LogP contribution in [0.5, 0.6) is 0 Å². The Morgan fingerprint density at radius 3 is 1.30 bits per heavy atom. The highest BCUT2D eigenvalue weighted by Gasteiger charge is 2.30. The molecular weight excluding hydrogens is 940 g/mol. The lowest BCUT2D eigenvalue weighted by Gasteiger charge is -2.27. The van der Waals surface area contributed by atoms with Gasteiger partial charge in [-0.05, 0) is 83.1 Å². The second kappa shape index (κ2) is 54.3. The summed E-state index contributed by atoms with van der Waals surface area (Å²) in [6.45, 7) is 6.96. The Kier molecular flexibility index (Phi) is 52.8. The van der Waals surface area contributed by atoms with E-state index in [2.05, 4.69) is 62.5 Å². The number of unbranched alkanes of at least 4 members (excludes halogenated alkanes) is 35. The first-order valence-corrected chi connectivity index (χ1v) is 33.0. The summed E-state index contributed by atoms with van der Waals surface area (Å²) in [5.41, 5.74) is 0. The van der Waals surface area contributed by atoms with Gasteiger partial charge >= 0.3 is 13.8 Å². The zero-order chi connectivity index (χ0) is 54.3. The number of quaternary nitrogens is 1. The number of nitrogens with one attached hydrogen (secondary N) is 1. The van der Waals surface area contributed by atoms with Crippen molar-refractivity contribution in [2.45, 2.75) is 309 Å². The highest BCUT2D eigenvalue weighted by Crippen LogP contribution is 2.43. The number of hydrogen-bond donors (Lipinski definition) is 2. The maximum absolute atomic E-state index is 13.5. The Labute approximate surface area is 458 Å². The van der Waals surface area contributed by atoms with Gasteiger partial charge in [-0.15, -0.1) is 0 Å². The molecule has 0 spiro atoms. The number of ether oxygens (including phenoxy) is 1. The van der Waals surface area contributed by atoms with Crippen molar-refractivity contribution >= 4 is 19.7 Å². The third-order valence-electron chi connectivity index (χ3n) is 14.0. The van der Waals surface area contributed by atoms with Crippen LogP contribution in [0.3, 0.4) is 0 Å². The fraction of sp³-hybridized carbons (Fsp3) is 0.844. The lowest BCUT2D eigenvalue weighted by molar-refractivity contribution is -0.870. The molecule has 0 aromatic carbocycles. The molecule has 0 aliphatic carbocycles. The second-order valence-electron chi connectivity index (χ2n) is 22.6. The largest absolute Gasteiger partial charge is 0.472 e. The van der Waals surface area contributed by atoms with Gasteiger partial charge in [-0.25, -0.2) is 4.57 Å². The minimum atomic E-state index is -4.44. The van der Waals surface area contributed by atoms with Crippen LogP contribution in [0, 0.1) is 0 Å². The lowest BCUT2D eigenvalue weighted by atomic mass is 10.0. The molecule has 0 bridgehead atoms. The van der Waals surface area contributed by atoms with E-state index in [9.17, 15) is 19.0 Å². The summed E-state index contributed by atoms with van der Waals surface area (Å²) in [6.07, 6.45) is 66.9. The van der Waals surface area contributed by atoms with Gasteiger partial charge in [0.1, 0.15) is 19.3 Å². The lowest BCUT2D eigenvalue weighted by Crippen LogP contribution is -2.47. The van der Waals surface area contributed by atoms with Crippen molar-refractivity contribution in [3.05, 3.63) is 48.6 Å². The molecule has 0 aliphatic heterocycles. The molecule has 434 valence electrons. The van der Waals surface area contributed by atoms with E-state index in [4.69, 9.17) is 13.8 Å². The van der Waals surface area contributed by atoms with Crippen LogP contribution in [0.25, 0.3) is 0 Å². The summed E-state index contributed by atoms with van der Waals surface area (Å²) >= 11 is 0. The number of nitrogens with zero attached hydrogens (tertiary/aromatic N) is 1. The Hall–Kier alpha value is -2.03. The molecule has 0 saturated heterocycles. The van der Waals surface area contributed by atoms with Gasteiger partial charge in [-0.3, -0.25) is 18.6 Å². The minimum Gasteiger partial charge on any atom is -0.456 e. The number of phosphoric ester groups is 1. The maximum atomic E-state index is 13.5. The van der Waals surface area contributed by atoms with E-state index in [1.807, 2.05) is 33.3 Å². The molecule has 0 aliphatic rings. The van der Waals surface area contributed by atoms with Crippen molar-refractivity contribution in [3.63, 3.8) is 0 Å². The third-order valence-corrected chi connectivity index (χ3v) is 15.0. The fourth-order valence-corrected chi connectivity index (χ4v) is 9.81. The smallest absolute Gasteiger partial charge is 0.456 e. The Balaban J connectivity index is 5.04. The molecule has 3 unspecified atom stereocenters. The van der Waals surface area contributed by atoms with E-state index >= 15 is 0 Å². The van der Waals surface area contributed by atoms with E-state index in [-0.39, 0.29) is 31.5 Å². The molecular formula is C64H122N2O7P+. The first-order chi connectivity index (χ1) is 35.9. The van der Waals surface area contributed by atoms with Gasteiger partial charge in [0.05, 0.1) is 33.8 Å². The van der Waals surface area contributed by atoms with Crippen molar-refractivity contribution in [2.75, 3.05) is 40.9 Å². The van der Waals surface area contributed by atoms with Crippen molar-refractivity contribution in [2.24, 2.45) is 0 Å². The third kappa shape index (κ3) is 54.7. The first kappa shape index (κ1) is 72.0. The standard InChI is InChI=1S/C64H121N2O7P/c1-7-10-13-16-19-22-25-27-28-29-30-31-32-33-34-35-36-37-38-39-42-44-47-50-53-56-63(67)65-61(60-72-74(69,70)71-59-58-66(4,5)6)62(55-52-49-46-43-41-26-23-20-17-14-11-8-2)73-64(68)57-54-51-48-45-40-24-21-18-15-12-9-3/h18-19,21-22,27-28,52,55,61-62H,7-17,20,23-26,29-51,53-54,56-60H2,1-6H3,(H-,65,67,69,70)/p+1/b21-18-,22-19-,28-27-,55-52-. The number of allylic oxidation sites excluding steroid dienone is 7. The Morgan fingerprint density at radius 1 is 0.473 bits per heavy atom. The first-order valence-electron chi connectivity index (χ1n) is 31.5. The topological polar surface area (TPSA) is 111 Å². The van der Waals surface area contributed by atoms with E-state index in [0.29, 0.717) is 17.4 Å². The number of esters is 1. The zero-order valence-electron chi connectivity index (χ0n) is 49.6. The van der Waals surface area contributed by atoms with E-state index < -0.39 is 20.0 Å². The second-order valence-corrected chi connectivity index (χ2v) is 24.0. The van der Waals surface area contributed by atoms with Crippen molar-refractivity contribution in [1.82, 2.24) is 5.32 Å². The Morgan fingerprint density at radius 2 is 0.838 bits per heavy atom. The highest BCUT2D eigenvalue weighted by atomic mass is 31.2. The number of carbonyl (C=O) groups is 2. The van der Waals surface area contributed by atoms with Crippen LogP contribution < -0.4 is 5.32 Å². The molecule has 1 amide bonds. The molecule has 0 rings (SSSR count). The van der Waals surface area contributed by atoms with Crippen LogP contribution in [0.15, 0.2) is 48.6 Å². The van der Waals surface area contributed by atoms with Crippen molar-refractivity contribution in [1.29, 1.82) is 0 Å². The SMILES string of the molecule is CCCC/C=C\CCCCCCCC(=O)OC(/C=C\CCCCCCCCCCCC)C(COP(=O)(O)OCC[N+](C)(C)C)NC(=O)CCCCCCCCCCCCCCCCC/C=C\C/C=C\CCCCC. The van der Waals surface area contributed by atoms with E-state index in [0.717, 1.165) is 89.9 Å². The average molecular weight is 1060 g/mol. The molecule has 0 saturated carbocycles. The zero-order valence-corrected chi connectivity index (χ0v) is 50.5. The van der Waals surface area contributed by atoms with Crippen LogP contribution in [-0.2, 0) is 27.9 Å². The van der Waals surface area contributed by atoms with E-state index in [1.54, 1.807) is 0 Å². The number of likely N-dealkylation sites (N-methyl/N-ethyl adjacent to an activating group) is 1. The summed E-state index contributed by atoms with van der Waals surface area (Å²) < 4.78 is 30.6. The normalized spacial score (nSPS) is 14.0. The number of rotatable bonds is 57. The molecule has 10 heteroatoms. The number of amides is 1. The minimum absolute atomic E-state index is 0.0398. The van der Waals surface area contributed by atoms with Gasteiger partial charge in [0.25, 0.3) is 0 Å². The molecule has 9 nitrogen and oxygen atoms in total. The summed E-state index contributed by atoms with van der Waals surface area (Å²) in [4.78, 5) is 37.6. The van der Waals surface area contributed by atoms with Crippen LogP contribution >= 0.6 is 7.82 Å². The van der Waals surface area contributed by atoms with Crippen molar-refractivity contribution in [3.8, 4) is 0 Å². The fourth-order valence-electron chi connectivity index (χ4n) is 9.07. The molecule has 0 aromatic heterocycles. The number of hydrogen-bond acceptors (Lipinski definition) is 6. The van der Waals surface area contributed by atoms with Crippen LogP contribution in [-0.4, -0.2) is 74.3 Å². The average Bonchev–Trinajstić information content (AvgIpc) is 3.36. The number of carbonyl (C=O) groups excluding carboxylic acids is 2. The predicted molar refractivity (Wildman–Crippen MR) is 319 cm³/mol. The van der Waals surface area contributed by atoms with E-state index in [1.165, 1.54) is 173 Å². The molecule has 3 atom stereocenters. The van der Waals surface area contributed by atoms with Gasteiger partial charge < -0.3 is 19.4 Å². The van der Waals surface area contributed by atoms with Gasteiger partial charge in [-0.1, -0.05) is 250 Å². The Bertz CT molecular complexity index is 1410. The molecule has 0 aromatic rings. The van der Waals surface area contributed by atoms with Crippen LogP contribution in [0.4, 0.5) is 0 Å². The van der Waals surface area contributed by atoms with Gasteiger partial charge in [0.15, 0.2) is 0 Å². The molecule has 0 heterocycles. The van der Waals surface area contributed by atoms with Crippen LogP contribution in [0.2, 0.25) is 0 Å². The monoisotopic (exact) mass is 1060 g/mol. The van der Waals surface area contributed by atoms with Crippen LogP contribution in [0.1, 0.15) is 297 Å². The maximum Gasteiger partial charge on any atom is 0.472 e. The summed E-state index contributed by atoms with van der Waals surface area (Å²) in [7, 11) is 1.50. The number of phosphoric acid groups is 1. The molecule has 0 radical (unpaired) electrons.